The zero-order valence-corrected chi connectivity index (χ0v) is 11.1. The number of nitrogens with one attached hydrogen (secondary N) is 1. The first kappa shape index (κ1) is 13.4. The molecule has 0 unspecified atom stereocenters. The molecule has 1 N–H and O–H groups in total. The quantitative estimate of drug-likeness (QED) is 0.863. The Balaban J connectivity index is 1.71. The van der Waals surface area contributed by atoms with E-state index in [-0.39, 0.29) is 5.91 Å². The Bertz CT molecular complexity index is 491. The Labute approximate surface area is 113 Å². The fourth-order valence-electron chi connectivity index (χ4n) is 1.95. The molecule has 0 aliphatic rings. The number of carbonyl (C=O) groups excluding carboxylic acids is 1. The molecule has 100 valence electrons. The molecule has 0 aliphatic carbocycles. The van der Waals surface area contributed by atoms with Gasteiger partial charge in [0.2, 0.25) is 5.91 Å². The normalized spacial score (nSPS) is 12.1. The van der Waals surface area contributed by atoms with E-state index in [0.29, 0.717) is 25.3 Å². The van der Waals surface area contributed by atoms with Gasteiger partial charge < -0.3 is 9.73 Å². The third-order valence-electron chi connectivity index (χ3n) is 3.15. The van der Waals surface area contributed by atoms with E-state index in [0.717, 1.165) is 5.76 Å². The van der Waals surface area contributed by atoms with E-state index in [1.807, 2.05) is 30.3 Å². The zero-order valence-electron chi connectivity index (χ0n) is 11.1. The lowest BCUT2D eigenvalue weighted by Gasteiger charge is -2.12. The molecule has 0 spiro atoms. The highest BCUT2D eigenvalue weighted by molar-refractivity contribution is 5.76. The van der Waals surface area contributed by atoms with Crippen LogP contribution in [0.5, 0.6) is 0 Å². The van der Waals surface area contributed by atoms with Gasteiger partial charge in [0, 0.05) is 19.4 Å². The lowest BCUT2D eigenvalue weighted by atomic mass is 10.0. The largest absolute Gasteiger partial charge is 0.469 e. The smallest absolute Gasteiger partial charge is 0.220 e. The van der Waals surface area contributed by atoms with Crippen LogP contribution >= 0.6 is 0 Å². The highest BCUT2D eigenvalue weighted by Gasteiger charge is 2.08. The number of aryl methyl sites for hydroxylation is 1. The highest BCUT2D eigenvalue weighted by Crippen LogP contribution is 2.13. The van der Waals surface area contributed by atoms with Crippen LogP contribution in [-0.2, 0) is 11.2 Å². The van der Waals surface area contributed by atoms with E-state index < -0.39 is 0 Å². The maximum Gasteiger partial charge on any atom is 0.220 e. The van der Waals surface area contributed by atoms with Gasteiger partial charge in [0.15, 0.2) is 0 Å². The summed E-state index contributed by atoms with van der Waals surface area (Å²) in [6.07, 6.45) is 2.75. The minimum Gasteiger partial charge on any atom is -0.469 e. The van der Waals surface area contributed by atoms with E-state index in [2.05, 4.69) is 24.4 Å². The predicted molar refractivity (Wildman–Crippen MR) is 74.9 cm³/mol. The average molecular weight is 257 g/mol. The van der Waals surface area contributed by atoms with Crippen LogP contribution in [0.3, 0.4) is 0 Å². The summed E-state index contributed by atoms with van der Waals surface area (Å²) in [6, 6.07) is 13.9. The van der Waals surface area contributed by atoms with Crippen LogP contribution < -0.4 is 5.32 Å². The topological polar surface area (TPSA) is 42.2 Å². The highest BCUT2D eigenvalue weighted by atomic mass is 16.3. The van der Waals surface area contributed by atoms with Gasteiger partial charge in [-0.3, -0.25) is 4.79 Å². The number of carbonyl (C=O) groups is 1. The second kappa shape index (κ2) is 6.78. The van der Waals surface area contributed by atoms with Crippen molar-refractivity contribution in [2.75, 3.05) is 6.54 Å². The summed E-state index contributed by atoms with van der Waals surface area (Å²) in [5.74, 6) is 1.25. The van der Waals surface area contributed by atoms with Gasteiger partial charge in [0.25, 0.3) is 0 Å². The van der Waals surface area contributed by atoms with Gasteiger partial charge in [-0.2, -0.15) is 0 Å². The van der Waals surface area contributed by atoms with Crippen LogP contribution in [0.4, 0.5) is 0 Å². The SMILES string of the molecule is C[C@H](CNC(=O)CCc1ccco1)c1ccccc1. The molecule has 0 radical (unpaired) electrons. The fraction of sp³-hybridized carbons (Fsp3) is 0.312. The summed E-state index contributed by atoms with van der Waals surface area (Å²) in [5, 5.41) is 2.96. The number of rotatable bonds is 6. The Morgan fingerprint density at radius 3 is 2.68 bits per heavy atom. The average Bonchev–Trinajstić information content (AvgIpc) is 2.96. The molecule has 1 amide bonds. The maximum atomic E-state index is 11.7. The van der Waals surface area contributed by atoms with Crippen LogP contribution in [0.1, 0.15) is 30.6 Å². The van der Waals surface area contributed by atoms with Crippen molar-refractivity contribution in [2.24, 2.45) is 0 Å². The molecule has 2 rings (SSSR count). The minimum absolute atomic E-state index is 0.0687. The Morgan fingerprint density at radius 1 is 1.21 bits per heavy atom. The van der Waals surface area contributed by atoms with E-state index in [4.69, 9.17) is 4.42 Å². The van der Waals surface area contributed by atoms with E-state index in [1.54, 1.807) is 6.26 Å². The number of hydrogen-bond acceptors (Lipinski definition) is 2. The van der Waals surface area contributed by atoms with Gasteiger partial charge in [-0.25, -0.2) is 0 Å². The van der Waals surface area contributed by atoms with Crippen LogP contribution in [0, 0.1) is 0 Å². The lowest BCUT2D eigenvalue weighted by molar-refractivity contribution is -0.121. The summed E-state index contributed by atoms with van der Waals surface area (Å²) in [7, 11) is 0. The minimum atomic E-state index is 0.0687. The number of amides is 1. The van der Waals surface area contributed by atoms with Crippen molar-refractivity contribution < 1.29 is 9.21 Å². The lowest BCUT2D eigenvalue weighted by Crippen LogP contribution is -2.27. The van der Waals surface area contributed by atoms with E-state index in [9.17, 15) is 4.79 Å². The maximum absolute atomic E-state index is 11.7. The number of benzene rings is 1. The summed E-state index contributed by atoms with van der Waals surface area (Å²) in [4.78, 5) is 11.7. The monoisotopic (exact) mass is 257 g/mol. The first-order valence-electron chi connectivity index (χ1n) is 6.59. The standard InChI is InChI=1S/C16H19NO2/c1-13(14-6-3-2-4-7-14)12-17-16(18)10-9-15-8-5-11-19-15/h2-8,11,13H,9-10,12H2,1H3,(H,17,18)/t13-/m1/s1. The molecule has 0 saturated carbocycles. The van der Waals surface area contributed by atoms with E-state index >= 15 is 0 Å². The van der Waals surface area contributed by atoms with Crippen molar-refractivity contribution in [1.29, 1.82) is 0 Å². The predicted octanol–water partition coefficient (Wildman–Crippen LogP) is 3.13. The fourth-order valence-corrected chi connectivity index (χ4v) is 1.95. The van der Waals surface area contributed by atoms with Gasteiger partial charge in [-0.15, -0.1) is 0 Å². The van der Waals surface area contributed by atoms with Crippen molar-refractivity contribution in [3.05, 3.63) is 60.1 Å². The molecule has 0 saturated heterocycles. The summed E-state index contributed by atoms with van der Waals surface area (Å²) >= 11 is 0. The van der Waals surface area contributed by atoms with Crippen LogP contribution in [0.25, 0.3) is 0 Å². The number of hydrogen-bond donors (Lipinski definition) is 1. The van der Waals surface area contributed by atoms with Crippen LogP contribution in [0.15, 0.2) is 53.1 Å². The molecule has 1 heterocycles. The molecule has 3 nitrogen and oxygen atoms in total. The molecule has 0 aliphatic heterocycles. The molecular weight excluding hydrogens is 238 g/mol. The summed E-state index contributed by atoms with van der Waals surface area (Å²) in [6.45, 7) is 2.78. The second-order valence-corrected chi connectivity index (χ2v) is 4.70. The Kier molecular flexibility index (Phi) is 4.78. The van der Waals surface area contributed by atoms with Crippen LogP contribution in [0.2, 0.25) is 0 Å². The Morgan fingerprint density at radius 2 is 2.00 bits per heavy atom. The summed E-state index contributed by atoms with van der Waals surface area (Å²) in [5.41, 5.74) is 1.24. The first-order valence-corrected chi connectivity index (χ1v) is 6.59. The second-order valence-electron chi connectivity index (χ2n) is 4.70. The molecule has 3 heteroatoms. The Hall–Kier alpha value is -2.03. The molecule has 1 aromatic heterocycles. The van der Waals surface area contributed by atoms with Crippen molar-refractivity contribution in [2.45, 2.75) is 25.7 Å². The molecule has 1 aromatic carbocycles. The van der Waals surface area contributed by atoms with Crippen molar-refractivity contribution in [3.8, 4) is 0 Å². The van der Waals surface area contributed by atoms with Crippen molar-refractivity contribution in [1.82, 2.24) is 5.32 Å². The van der Waals surface area contributed by atoms with Gasteiger partial charge in [-0.1, -0.05) is 37.3 Å². The molecule has 1 atom stereocenters. The molecule has 0 bridgehead atoms. The first-order chi connectivity index (χ1) is 9.25. The molecule has 19 heavy (non-hydrogen) atoms. The van der Waals surface area contributed by atoms with E-state index in [1.165, 1.54) is 5.56 Å². The molecular formula is C16H19NO2. The van der Waals surface area contributed by atoms with Crippen LogP contribution in [-0.4, -0.2) is 12.5 Å². The van der Waals surface area contributed by atoms with Gasteiger partial charge in [0.05, 0.1) is 6.26 Å². The van der Waals surface area contributed by atoms with Gasteiger partial charge in [-0.05, 0) is 23.6 Å². The number of furan rings is 1. The third-order valence-corrected chi connectivity index (χ3v) is 3.15. The van der Waals surface area contributed by atoms with Crippen molar-refractivity contribution in [3.63, 3.8) is 0 Å². The zero-order chi connectivity index (χ0) is 13.5. The molecule has 2 aromatic rings. The van der Waals surface area contributed by atoms with Crippen molar-refractivity contribution >= 4 is 5.91 Å². The third kappa shape index (κ3) is 4.28. The van der Waals surface area contributed by atoms with Gasteiger partial charge >= 0.3 is 0 Å². The van der Waals surface area contributed by atoms with Gasteiger partial charge in [0.1, 0.15) is 5.76 Å². The molecule has 0 fully saturated rings. The summed E-state index contributed by atoms with van der Waals surface area (Å²) < 4.78 is 5.20.